The van der Waals surface area contributed by atoms with Gasteiger partial charge < -0.3 is 4.57 Å². The molecule has 0 saturated carbocycles. The van der Waals surface area contributed by atoms with E-state index in [4.69, 9.17) is 0 Å². The van der Waals surface area contributed by atoms with E-state index in [1.807, 2.05) is 13.0 Å². The lowest BCUT2D eigenvalue weighted by molar-refractivity contribution is -0.384. The van der Waals surface area contributed by atoms with Crippen LogP contribution in [0.25, 0.3) is 11.4 Å². The zero-order valence-electron chi connectivity index (χ0n) is 9.92. The number of nitro groups is 1. The summed E-state index contributed by atoms with van der Waals surface area (Å²) < 4.78 is 1.75. The second-order valence-corrected chi connectivity index (χ2v) is 4.42. The summed E-state index contributed by atoms with van der Waals surface area (Å²) in [5.74, 6) is 1.23. The Hall–Kier alpha value is -1.76. The molecule has 0 saturated heterocycles. The molecule has 1 aromatic heterocycles. The SMILES string of the molecule is Cc1cccc([N+](=O)[O-])c1-c1nnc(CBr)n1C. The molecule has 2 rings (SSSR count). The molecular weight excluding hydrogens is 300 g/mol. The van der Waals surface area contributed by atoms with Crippen LogP contribution < -0.4 is 0 Å². The van der Waals surface area contributed by atoms with Gasteiger partial charge in [0.05, 0.1) is 15.8 Å². The summed E-state index contributed by atoms with van der Waals surface area (Å²) in [6.07, 6.45) is 0. The molecule has 94 valence electrons. The van der Waals surface area contributed by atoms with E-state index in [2.05, 4.69) is 26.1 Å². The van der Waals surface area contributed by atoms with Crippen LogP contribution >= 0.6 is 15.9 Å². The number of rotatable bonds is 3. The lowest BCUT2D eigenvalue weighted by atomic mass is 10.1. The first-order valence-electron chi connectivity index (χ1n) is 5.25. The molecule has 0 amide bonds. The summed E-state index contributed by atoms with van der Waals surface area (Å²) in [7, 11) is 1.79. The Labute approximate surface area is 112 Å². The van der Waals surface area contributed by atoms with Gasteiger partial charge in [0.25, 0.3) is 5.69 Å². The van der Waals surface area contributed by atoms with Crippen LogP contribution in [0.15, 0.2) is 18.2 Å². The summed E-state index contributed by atoms with van der Waals surface area (Å²) >= 11 is 3.30. The molecule has 7 heteroatoms. The van der Waals surface area contributed by atoms with Crippen molar-refractivity contribution in [2.24, 2.45) is 7.05 Å². The average Bonchev–Trinajstić information content (AvgIpc) is 2.70. The van der Waals surface area contributed by atoms with Crippen molar-refractivity contribution in [3.8, 4) is 11.4 Å². The first-order valence-corrected chi connectivity index (χ1v) is 6.37. The predicted octanol–water partition coefficient (Wildman–Crippen LogP) is 2.59. The quantitative estimate of drug-likeness (QED) is 0.496. The molecule has 1 heterocycles. The van der Waals surface area contributed by atoms with Gasteiger partial charge in [0, 0.05) is 13.1 Å². The minimum absolute atomic E-state index is 0.0478. The fraction of sp³-hybridized carbons (Fsp3) is 0.273. The molecule has 0 N–H and O–H groups in total. The number of aromatic nitrogens is 3. The van der Waals surface area contributed by atoms with Crippen molar-refractivity contribution in [3.05, 3.63) is 39.7 Å². The third-order valence-corrected chi connectivity index (χ3v) is 3.26. The zero-order chi connectivity index (χ0) is 13.3. The van der Waals surface area contributed by atoms with Crippen molar-refractivity contribution in [1.29, 1.82) is 0 Å². The summed E-state index contributed by atoms with van der Waals surface area (Å²) in [6, 6.07) is 4.97. The number of hydrogen-bond donors (Lipinski definition) is 0. The van der Waals surface area contributed by atoms with Gasteiger partial charge in [0.2, 0.25) is 0 Å². The Morgan fingerprint density at radius 2 is 2.17 bits per heavy atom. The van der Waals surface area contributed by atoms with Crippen LogP contribution in [0.3, 0.4) is 0 Å². The standard InChI is InChI=1S/C11H11BrN4O2/c1-7-4-3-5-8(16(17)18)10(7)11-14-13-9(6-12)15(11)2/h3-5H,6H2,1-2H3. The van der Waals surface area contributed by atoms with E-state index in [0.717, 1.165) is 11.4 Å². The first-order chi connectivity index (χ1) is 8.56. The van der Waals surface area contributed by atoms with Gasteiger partial charge in [-0.1, -0.05) is 28.1 Å². The third-order valence-electron chi connectivity index (χ3n) is 2.76. The van der Waals surface area contributed by atoms with E-state index in [1.54, 1.807) is 17.7 Å². The molecule has 18 heavy (non-hydrogen) atoms. The maximum atomic E-state index is 11.1. The number of nitro benzene ring substituents is 1. The molecule has 0 aliphatic carbocycles. The van der Waals surface area contributed by atoms with Gasteiger partial charge in [0.1, 0.15) is 5.82 Å². The largest absolute Gasteiger partial charge is 0.313 e. The monoisotopic (exact) mass is 310 g/mol. The summed E-state index contributed by atoms with van der Waals surface area (Å²) in [6.45, 7) is 1.82. The lowest BCUT2D eigenvalue weighted by Crippen LogP contribution is -2.01. The van der Waals surface area contributed by atoms with Crippen LogP contribution in [0.4, 0.5) is 5.69 Å². The summed E-state index contributed by atoms with van der Waals surface area (Å²) in [5, 5.41) is 19.7. The summed E-state index contributed by atoms with van der Waals surface area (Å²) in [5.41, 5.74) is 1.37. The van der Waals surface area contributed by atoms with Gasteiger partial charge in [0.15, 0.2) is 5.82 Å². The number of alkyl halides is 1. The third kappa shape index (κ3) is 2.01. The van der Waals surface area contributed by atoms with E-state index >= 15 is 0 Å². The molecule has 0 aliphatic rings. The van der Waals surface area contributed by atoms with E-state index in [0.29, 0.717) is 16.7 Å². The van der Waals surface area contributed by atoms with Crippen molar-refractivity contribution >= 4 is 21.6 Å². The van der Waals surface area contributed by atoms with Gasteiger partial charge in [-0.25, -0.2) is 0 Å². The highest BCUT2D eigenvalue weighted by Crippen LogP contribution is 2.31. The number of benzene rings is 1. The van der Waals surface area contributed by atoms with E-state index in [-0.39, 0.29) is 5.69 Å². The maximum Gasteiger partial charge on any atom is 0.280 e. The van der Waals surface area contributed by atoms with Crippen LogP contribution in [0.5, 0.6) is 0 Å². The highest BCUT2D eigenvalue weighted by atomic mass is 79.9. The number of hydrogen-bond acceptors (Lipinski definition) is 4. The van der Waals surface area contributed by atoms with E-state index < -0.39 is 4.92 Å². The molecule has 6 nitrogen and oxygen atoms in total. The Morgan fingerprint density at radius 1 is 1.44 bits per heavy atom. The molecule has 0 aliphatic heterocycles. The topological polar surface area (TPSA) is 73.8 Å². The Morgan fingerprint density at radius 3 is 2.72 bits per heavy atom. The zero-order valence-corrected chi connectivity index (χ0v) is 11.5. The van der Waals surface area contributed by atoms with Gasteiger partial charge in [-0.15, -0.1) is 10.2 Å². The normalized spacial score (nSPS) is 10.6. The second kappa shape index (κ2) is 4.85. The number of halogens is 1. The molecule has 0 radical (unpaired) electrons. The highest BCUT2D eigenvalue weighted by molar-refractivity contribution is 9.08. The van der Waals surface area contributed by atoms with Crippen LogP contribution in [0.1, 0.15) is 11.4 Å². The fourth-order valence-corrected chi connectivity index (χ4v) is 2.28. The molecule has 2 aromatic rings. The predicted molar refractivity (Wildman–Crippen MR) is 70.5 cm³/mol. The van der Waals surface area contributed by atoms with E-state index in [9.17, 15) is 10.1 Å². The van der Waals surface area contributed by atoms with Crippen LogP contribution in [-0.4, -0.2) is 19.7 Å². The number of aryl methyl sites for hydroxylation is 1. The Balaban J connectivity index is 2.70. The Bertz CT molecular complexity index is 609. The van der Waals surface area contributed by atoms with Crippen molar-refractivity contribution in [1.82, 2.24) is 14.8 Å². The maximum absolute atomic E-state index is 11.1. The Kier molecular flexibility index (Phi) is 3.42. The van der Waals surface area contributed by atoms with Gasteiger partial charge in [-0.3, -0.25) is 10.1 Å². The summed E-state index contributed by atoms with van der Waals surface area (Å²) in [4.78, 5) is 10.7. The van der Waals surface area contributed by atoms with Crippen LogP contribution in [0.2, 0.25) is 0 Å². The minimum atomic E-state index is -0.398. The van der Waals surface area contributed by atoms with Gasteiger partial charge in [-0.2, -0.15) is 0 Å². The van der Waals surface area contributed by atoms with E-state index in [1.165, 1.54) is 6.07 Å². The van der Waals surface area contributed by atoms with Crippen molar-refractivity contribution in [3.63, 3.8) is 0 Å². The molecule has 0 atom stereocenters. The molecular formula is C11H11BrN4O2. The smallest absolute Gasteiger partial charge is 0.280 e. The molecule has 1 aromatic carbocycles. The molecule has 0 spiro atoms. The van der Waals surface area contributed by atoms with Crippen LogP contribution in [0, 0.1) is 17.0 Å². The fourth-order valence-electron chi connectivity index (χ4n) is 1.79. The van der Waals surface area contributed by atoms with Gasteiger partial charge in [-0.05, 0) is 12.5 Å². The average molecular weight is 311 g/mol. The lowest BCUT2D eigenvalue weighted by Gasteiger charge is -2.06. The van der Waals surface area contributed by atoms with Crippen molar-refractivity contribution in [2.75, 3.05) is 0 Å². The minimum Gasteiger partial charge on any atom is -0.313 e. The van der Waals surface area contributed by atoms with Gasteiger partial charge >= 0.3 is 0 Å². The molecule has 0 fully saturated rings. The number of nitrogens with zero attached hydrogens (tertiary/aromatic N) is 4. The molecule has 0 unspecified atom stereocenters. The van der Waals surface area contributed by atoms with Crippen molar-refractivity contribution < 1.29 is 4.92 Å². The van der Waals surface area contributed by atoms with Crippen molar-refractivity contribution in [2.45, 2.75) is 12.3 Å². The highest BCUT2D eigenvalue weighted by Gasteiger charge is 2.22. The molecule has 0 bridgehead atoms. The second-order valence-electron chi connectivity index (χ2n) is 3.86. The first kappa shape index (κ1) is 12.7. The van der Waals surface area contributed by atoms with Crippen LogP contribution in [-0.2, 0) is 12.4 Å².